The van der Waals surface area contributed by atoms with Crippen molar-refractivity contribution in [2.75, 3.05) is 0 Å². The topological polar surface area (TPSA) is 67.8 Å². The SMILES string of the molecule is O=c1[nH]c(=O)n(-c2ccccc2Cl)c2nc(C3CC3)sc12. The minimum absolute atomic E-state index is 0.386. The van der Waals surface area contributed by atoms with Crippen molar-refractivity contribution in [2.45, 2.75) is 18.8 Å². The van der Waals surface area contributed by atoms with Gasteiger partial charge < -0.3 is 0 Å². The van der Waals surface area contributed by atoms with Crippen molar-refractivity contribution >= 4 is 33.3 Å². The lowest BCUT2D eigenvalue weighted by molar-refractivity contribution is 0.925. The van der Waals surface area contributed by atoms with Crippen LogP contribution in [0.15, 0.2) is 33.9 Å². The first-order valence-corrected chi connectivity index (χ1v) is 7.75. The number of hydrogen-bond acceptors (Lipinski definition) is 4. The number of fused-ring (bicyclic) bond motifs is 1. The number of nitrogens with zero attached hydrogens (tertiary/aromatic N) is 2. The van der Waals surface area contributed by atoms with Gasteiger partial charge in [-0.05, 0) is 25.0 Å². The molecule has 0 spiro atoms. The maximum atomic E-state index is 12.2. The van der Waals surface area contributed by atoms with Gasteiger partial charge in [-0.3, -0.25) is 9.78 Å². The van der Waals surface area contributed by atoms with Crippen LogP contribution in [0.2, 0.25) is 5.02 Å². The Kier molecular flexibility index (Phi) is 2.77. The average molecular weight is 320 g/mol. The zero-order valence-electron chi connectivity index (χ0n) is 10.8. The number of rotatable bonds is 2. The molecule has 0 aliphatic heterocycles. The molecule has 106 valence electrons. The molecule has 21 heavy (non-hydrogen) atoms. The Morgan fingerprint density at radius 1 is 1.29 bits per heavy atom. The van der Waals surface area contributed by atoms with Crippen LogP contribution in [0, 0.1) is 0 Å². The molecule has 1 aromatic carbocycles. The van der Waals surface area contributed by atoms with Crippen LogP contribution in [0.4, 0.5) is 0 Å². The predicted molar refractivity (Wildman–Crippen MR) is 82.8 cm³/mol. The number of nitrogens with one attached hydrogen (secondary N) is 1. The van der Waals surface area contributed by atoms with E-state index in [1.165, 1.54) is 15.9 Å². The number of hydrogen-bond donors (Lipinski definition) is 1. The molecular formula is C14H10ClN3O2S. The zero-order chi connectivity index (χ0) is 14.6. The average Bonchev–Trinajstić information content (AvgIpc) is 3.20. The van der Waals surface area contributed by atoms with E-state index in [9.17, 15) is 9.59 Å². The minimum atomic E-state index is -0.520. The number of aromatic amines is 1. The molecule has 0 atom stereocenters. The molecule has 0 unspecified atom stereocenters. The summed E-state index contributed by atoms with van der Waals surface area (Å²) in [6, 6.07) is 7.02. The van der Waals surface area contributed by atoms with Crippen LogP contribution in [-0.4, -0.2) is 14.5 Å². The molecule has 7 heteroatoms. The van der Waals surface area contributed by atoms with Crippen LogP contribution in [0.5, 0.6) is 0 Å². The van der Waals surface area contributed by atoms with Crippen molar-refractivity contribution in [3.05, 3.63) is 55.1 Å². The van der Waals surface area contributed by atoms with Crippen molar-refractivity contribution in [3.8, 4) is 5.69 Å². The largest absolute Gasteiger partial charge is 0.334 e. The highest BCUT2D eigenvalue weighted by Crippen LogP contribution is 2.42. The van der Waals surface area contributed by atoms with Gasteiger partial charge in [-0.25, -0.2) is 14.3 Å². The van der Waals surface area contributed by atoms with Gasteiger partial charge >= 0.3 is 5.69 Å². The molecule has 5 nitrogen and oxygen atoms in total. The third kappa shape index (κ3) is 2.02. The zero-order valence-corrected chi connectivity index (χ0v) is 12.4. The molecule has 1 aliphatic rings. The molecule has 3 aromatic rings. The fraction of sp³-hybridized carbons (Fsp3) is 0.214. The van der Waals surface area contributed by atoms with E-state index in [-0.39, 0.29) is 5.56 Å². The molecule has 1 N–H and O–H groups in total. The number of thiazole rings is 1. The van der Waals surface area contributed by atoms with Gasteiger partial charge in [0.25, 0.3) is 5.56 Å². The van der Waals surface area contributed by atoms with E-state index in [2.05, 4.69) is 9.97 Å². The van der Waals surface area contributed by atoms with Crippen molar-refractivity contribution in [3.63, 3.8) is 0 Å². The third-order valence-electron chi connectivity index (χ3n) is 3.49. The predicted octanol–water partition coefficient (Wildman–Crippen LogP) is 2.67. The second kappa shape index (κ2) is 4.54. The number of para-hydroxylation sites is 1. The Balaban J connectivity index is 2.10. The van der Waals surface area contributed by atoms with Gasteiger partial charge in [0.2, 0.25) is 0 Å². The Morgan fingerprint density at radius 2 is 2.05 bits per heavy atom. The summed E-state index contributed by atoms with van der Waals surface area (Å²) in [7, 11) is 0. The van der Waals surface area contributed by atoms with Crippen molar-refractivity contribution < 1.29 is 0 Å². The number of halogens is 1. The molecule has 0 amide bonds. The van der Waals surface area contributed by atoms with Crippen LogP contribution >= 0.6 is 22.9 Å². The summed E-state index contributed by atoms with van der Waals surface area (Å²) in [5.74, 6) is 0.427. The van der Waals surface area contributed by atoms with Gasteiger partial charge in [0.15, 0.2) is 5.65 Å². The Morgan fingerprint density at radius 3 is 2.76 bits per heavy atom. The second-order valence-electron chi connectivity index (χ2n) is 5.03. The van der Waals surface area contributed by atoms with Crippen molar-refractivity contribution in [1.82, 2.24) is 14.5 Å². The van der Waals surface area contributed by atoms with Gasteiger partial charge in [-0.1, -0.05) is 23.7 Å². The highest BCUT2D eigenvalue weighted by Gasteiger charge is 2.28. The van der Waals surface area contributed by atoms with E-state index in [0.717, 1.165) is 17.8 Å². The lowest BCUT2D eigenvalue weighted by atomic mass is 10.3. The fourth-order valence-electron chi connectivity index (χ4n) is 2.30. The number of aromatic nitrogens is 3. The maximum Gasteiger partial charge on any atom is 0.334 e. The summed E-state index contributed by atoms with van der Waals surface area (Å²) < 4.78 is 1.85. The molecule has 1 saturated carbocycles. The number of benzene rings is 1. The first-order valence-electron chi connectivity index (χ1n) is 6.56. The van der Waals surface area contributed by atoms with E-state index < -0.39 is 5.69 Å². The van der Waals surface area contributed by atoms with Gasteiger partial charge in [-0.2, -0.15) is 0 Å². The van der Waals surface area contributed by atoms with Crippen LogP contribution in [0.1, 0.15) is 23.8 Å². The van der Waals surface area contributed by atoms with Crippen LogP contribution < -0.4 is 11.2 Å². The molecule has 0 radical (unpaired) electrons. The van der Waals surface area contributed by atoms with Crippen LogP contribution in [0.25, 0.3) is 16.0 Å². The molecule has 2 aromatic heterocycles. The molecule has 2 heterocycles. The van der Waals surface area contributed by atoms with Gasteiger partial charge in [0.05, 0.1) is 15.7 Å². The summed E-state index contributed by atoms with van der Waals surface area (Å²) in [5.41, 5.74) is 0.0118. The van der Waals surface area contributed by atoms with Gasteiger partial charge in [0, 0.05) is 5.92 Å². The quantitative estimate of drug-likeness (QED) is 0.789. The monoisotopic (exact) mass is 319 g/mol. The molecule has 0 saturated heterocycles. The third-order valence-corrected chi connectivity index (χ3v) is 5.01. The molecule has 4 rings (SSSR count). The van der Waals surface area contributed by atoms with E-state index in [1.54, 1.807) is 24.3 Å². The van der Waals surface area contributed by atoms with Gasteiger partial charge in [0.1, 0.15) is 4.70 Å². The second-order valence-corrected chi connectivity index (χ2v) is 6.46. The van der Waals surface area contributed by atoms with E-state index in [4.69, 9.17) is 11.6 Å². The van der Waals surface area contributed by atoms with Crippen LogP contribution in [0.3, 0.4) is 0 Å². The summed E-state index contributed by atoms with van der Waals surface area (Å²) in [5, 5.41) is 1.36. The molecular weight excluding hydrogens is 310 g/mol. The smallest absolute Gasteiger partial charge is 0.272 e. The van der Waals surface area contributed by atoms with Gasteiger partial charge in [-0.15, -0.1) is 11.3 Å². The summed E-state index contributed by atoms with van der Waals surface area (Å²) >= 11 is 7.54. The van der Waals surface area contributed by atoms with Crippen molar-refractivity contribution in [1.29, 1.82) is 0 Å². The first kappa shape index (κ1) is 12.8. The highest BCUT2D eigenvalue weighted by atomic mass is 35.5. The maximum absolute atomic E-state index is 12.2. The first-order chi connectivity index (χ1) is 10.1. The summed E-state index contributed by atoms with van der Waals surface area (Å²) in [6.07, 6.45) is 2.18. The summed E-state index contributed by atoms with van der Waals surface area (Å²) in [6.45, 7) is 0. The van der Waals surface area contributed by atoms with E-state index in [1.807, 2.05) is 0 Å². The fourth-order valence-corrected chi connectivity index (χ4v) is 3.63. The molecule has 1 aliphatic carbocycles. The lowest BCUT2D eigenvalue weighted by Crippen LogP contribution is -2.29. The molecule has 1 fully saturated rings. The van der Waals surface area contributed by atoms with Crippen molar-refractivity contribution in [2.24, 2.45) is 0 Å². The standard InChI is InChI=1S/C14H10ClN3O2S/c15-8-3-1-2-4-9(8)18-11-10(12(19)17-14(18)20)21-13(16-11)7-5-6-7/h1-4,7H,5-6H2,(H,17,19,20). The lowest BCUT2D eigenvalue weighted by Gasteiger charge is -2.07. The minimum Gasteiger partial charge on any atom is -0.272 e. The summed E-state index contributed by atoms with van der Waals surface area (Å²) in [4.78, 5) is 31.1. The number of H-pyrrole nitrogens is 1. The van der Waals surface area contributed by atoms with E-state index >= 15 is 0 Å². The Hall–Kier alpha value is -1.92. The highest BCUT2D eigenvalue weighted by molar-refractivity contribution is 7.18. The molecule has 0 bridgehead atoms. The normalized spacial score (nSPS) is 14.7. The Labute approximate surface area is 127 Å². The van der Waals surface area contributed by atoms with Crippen LogP contribution in [-0.2, 0) is 0 Å². The Bertz CT molecular complexity index is 968. The van der Waals surface area contributed by atoms with E-state index in [0.29, 0.717) is 27.0 Å².